The van der Waals surface area contributed by atoms with E-state index in [2.05, 4.69) is 10.6 Å². The van der Waals surface area contributed by atoms with Crippen LogP contribution in [0.2, 0.25) is 0 Å². The second-order valence-electron chi connectivity index (χ2n) is 8.61. The summed E-state index contributed by atoms with van der Waals surface area (Å²) in [5, 5.41) is 6.28. The number of carbonyl (C=O) groups excluding carboxylic acids is 1. The van der Waals surface area contributed by atoms with Crippen molar-refractivity contribution in [3.05, 3.63) is 45.6 Å². The van der Waals surface area contributed by atoms with Crippen LogP contribution in [0.1, 0.15) is 43.4 Å². The van der Waals surface area contributed by atoms with Crippen molar-refractivity contribution in [2.24, 2.45) is 0 Å². The van der Waals surface area contributed by atoms with Crippen LogP contribution >= 0.6 is 0 Å². The fraction of sp³-hybridized carbons (Fsp3) is 0.462. The molecule has 0 bridgehead atoms. The van der Waals surface area contributed by atoms with Crippen LogP contribution in [0.25, 0.3) is 11.1 Å². The summed E-state index contributed by atoms with van der Waals surface area (Å²) >= 11 is 0. The summed E-state index contributed by atoms with van der Waals surface area (Å²) in [6.45, 7) is 2.82. The van der Waals surface area contributed by atoms with Gasteiger partial charge in [0, 0.05) is 25.6 Å². The molecule has 8 heteroatoms. The van der Waals surface area contributed by atoms with Crippen molar-refractivity contribution in [3.8, 4) is 28.4 Å². The standard InChI is InChI=1S/C26H32N2O6/c1-15(29)28-20-9-7-16-12-23(31-2)25(32-3)26(33-4)24(16)18-8-10-21(22(30)13-19(18)20)27-14-17-6-5-11-34-17/h8,10,12-13,17,20H,5-7,9,11,14H2,1-4H3,(H,27,30)(H,28,29)/t17-,20+/m0/s1. The van der Waals surface area contributed by atoms with Crippen molar-refractivity contribution in [3.63, 3.8) is 0 Å². The number of anilines is 1. The van der Waals surface area contributed by atoms with Crippen molar-refractivity contribution < 1.29 is 23.7 Å². The van der Waals surface area contributed by atoms with Gasteiger partial charge in [-0.2, -0.15) is 0 Å². The second-order valence-corrected chi connectivity index (χ2v) is 8.61. The Hall–Kier alpha value is -3.26. The van der Waals surface area contributed by atoms with Crippen LogP contribution in [0.4, 0.5) is 5.69 Å². The zero-order valence-corrected chi connectivity index (χ0v) is 20.2. The topological polar surface area (TPSA) is 95.1 Å². The van der Waals surface area contributed by atoms with Crippen LogP contribution in [0.3, 0.4) is 0 Å². The van der Waals surface area contributed by atoms with Gasteiger partial charge < -0.3 is 29.6 Å². The molecule has 2 atom stereocenters. The molecule has 1 saturated heterocycles. The van der Waals surface area contributed by atoms with E-state index >= 15 is 0 Å². The molecule has 0 unspecified atom stereocenters. The van der Waals surface area contributed by atoms with Crippen LogP contribution in [-0.4, -0.2) is 46.5 Å². The van der Waals surface area contributed by atoms with E-state index < -0.39 is 0 Å². The Morgan fingerprint density at radius 1 is 1.09 bits per heavy atom. The molecule has 2 aromatic carbocycles. The van der Waals surface area contributed by atoms with Gasteiger partial charge in [-0.3, -0.25) is 9.59 Å². The molecule has 4 rings (SSSR count). The van der Waals surface area contributed by atoms with Gasteiger partial charge in [-0.1, -0.05) is 6.07 Å². The molecule has 1 fully saturated rings. The number of amides is 1. The van der Waals surface area contributed by atoms with E-state index in [1.165, 1.54) is 6.92 Å². The van der Waals surface area contributed by atoms with Crippen molar-refractivity contribution in [2.45, 2.75) is 44.8 Å². The third kappa shape index (κ3) is 4.68. The Labute approximate surface area is 199 Å². The lowest BCUT2D eigenvalue weighted by Gasteiger charge is -2.19. The number of benzene rings is 1. The summed E-state index contributed by atoms with van der Waals surface area (Å²) in [5.41, 5.74) is 3.74. The molecule has 2 aromatic rings. The highest BCUT2D eigenvalue weighted by atomic mass is 16.5. The molecule has 1 aliphatic carbocycles. The molecule has 8 nitrogen and oxygen atoms in total. The van der Waals surface area contributed by atoms with Gasteiger partial charge in [0.2, 0.25) is 17.1 Å². The van der Waals surface area contributed by atoms with E-state index in [-0.39, 0.29) is 23.5 Å². The monoisotopic (exact) mass is 468 g/mol. The lowest BCUT2D eigenvalue weighted by Crippen LogP contribution is -2.26. The highest BCUT2D eigenvalue weighted by molar-refractivity contribution is 5.83. The number of carbonyl (C=O) groups is 1. The van der Waals surface area contributed by atoms with E-state index in [1.807, 2.05) is 12.1 Å². The van der Waals surface area contributed by atoms with Gasteiger partial charge in [-0.15, -0.1) is 0 Å². The van der Waals surface area contributed by atoms with Gasteiger partial charge in [-0.25, -0.2) is 0 Å². The SMILES string of the molecule is COc1cc2c(c(OC)c1OC)-c1ccc(NC[C@@H]3CCCO3)c(=O)cc1[C@H](NC(C)=O)CC2. The molecule has 0 aromatic heterocycles. The summed E-state index contributed by atoms with van der Waals surface area (Å²) in [7, 11) is 4.74. The molecule has 1 aliphatic heterocycles. The molecule has 0 spiro atoms. The van der Waals surface area contributed by atoms with Crippen LogP contribution in [0, 0.1) is 0 Å². The zero-order valence-electron chi connectivity index (χ0n) is 20.2. The smallest absolute Gasteiger partial charge is 0.217 e. The number of rotatable bonds is 7. The number of ether oxygens (including phenoxy) is 4. The Kier molecular flexibility index (Phi) is 7.26. The maximum atomic E-state index is 13.2. The maximum absolute atomic E-state index is 13.2. The molecule has 2 N–H and O–H groups in total. The van der Waals surface area contributed by atoms with Gasteiger partial charge in [-0.05, 0) is 60.6 Å². The highest BCUT2D eigenvalue weighted by Gasteiger charge is 2.29. The van der Waals surface area contributed by atoms with E-state index in [1.54, 1.807) is 33.5 Å². The number of hydrogen-bond acceptors (Lipinski definition) is 7. The molecule has 0 radical (unpaired) electrons. The average Bonchev–Trinajstić information content (AvgIpc) is 3.24. The highest BCUT2D eigenvalue weighted by Crippen LogP contribution is 2.50. The molecule has 0 saturated carbocycles. The number of fused-ring (bicyclic) bond motifs is 3. The Morgan fingerprint density at radius 2 is 1.88 bits per heavy atom. The summed E-state index contributed by atoms with van der Waals surface area (Å²) in [6.07, 6.45) is 3.40. The molecule has 2 aliphatic rings. The van der Waals surface area contributed by atoms with Crippen LogP contribution in [0.15, 0.2) is 29.1 Å². The Bertz CT molecular complexity index is 1130. The van der Waals surface area contributed by atoms with Gasteiger partial charge in [0.15, 0.2) is 11.5 Å². The molecule has 1 amide bonds. The lowest BCUT2D eigenvalue weighted by molar-refractivity contribution is -0.119. The van der Waals surface area contributed by atoms with Crippen LogP contribution in [0.5, 0.6) is 17.2 Å². The molecular weight excluding hydrogens is 436 g/mol. The summed E-state index contributed by atoms with van der Waals surface area (Å²) in [6, 6.07) is 6.96. The van der Waals surface area contributed by atoms with Crippen LogP contribution < -0.4 is 30.3 Å². The minimum absolute atomic E-state index is 0.104. The normalized spacial score (nSPS) is 18.8. The van der Waals surface area contributed by atoms with Gasteiger partial charge in [0.25, 0.3) is 0 Å². The average molecular weight is 469 g/mol. The summed E-state index contributed by atoms with van der Waals surface area (Å²) in [5.74, 6) is 1.44. The number of methoxy groups -OCH3 is 3. The number of hydrogen-bond donors (Lipinski definition) is 2. The van der Waals surface area contributed by atoms with Gasteiger partial charge >= 0.3 is 0 Å². The lowest BCUT2D eigenvalue weighted by atomic mass is 9.95. The first-order valence-electron chi connectivity index (χ1n) is 11.6. The first-order chi connectivity index (χ1) is 16.5. The maximum Gasteiger partial charge on any atom is 0.217 e. The van der Waals surface area contributed by atoms with E-state index in [0.717, 1.165) is 41.7 Å². The van der Waals surface area contributed by atoms with Crippen molar-refractivity contribution in [1.82, 2.24) is 5.32 Å². The Morgan fingerprint density at radius 3 is 2.53 bits per heavy atom. The molecule has 182 valence electrons. The summed E-state index contributed by atoms with van der Waals surface area (Å²) < 4.78 is 22.7. The molecule has 1 heterocycles. The van der Waals surface area contributed by atoms with E-state index in [4.69, 9.17) is 18.9 Å². The van der Waals surface area contributed by atoms with E-state index in [9.17, 15) is 9.59 Å². The predicted octanol–water partition coefficient (Wildman–Crippen LogP) is 3.45. The minimum Gasteiger partial charge on any atom is -0.493 e. The first-order valence-corrected chi connectivity index (χ1v) is 11.6. The van der Waals surface area contributed by atoms with Crippen molar-refractivity contribution >= 4 is 11.6 Å². The largest absolute Gasteiger partial charge is 0.493 e. The molecular formula is C26H32N2O6. The van der Waals surface area contributed by atoms with E-state index in [0.29, 0.717) is 42.3 Å². The van der Waals surface area contributed by atoms with Crippen molar-refractivity contribution in [2.75, 3.05) is 39.8 Å². The second kappa shape index (κ2) is 10.3. The third-order valence-corrected chi connectivity index (χ3v) is 6.46. The van der Waals surface area contributed by atoms with Crippen LogP contribution in [-0.2, 0) is 16.0 Å². The zero-order chi connectivity index (χ0) is 24.2. The van der Waals surface area contributed by atoms with Gasteiger partial charge in [0.1, 0.15) is 0 Å². The summed E-state index contributed by atoms with van der Waals surface area (Å²) in [4.78, 5) is 25.3. The Balaban J connectivity index is 1.89. The fourth-order valence-electron chi connectivity index (χ4n) is 4.88. The predicted molar refractivity (Wildman–Crippen MR) is 130 cm³/mol. The van der Waals surface area contributed by atoms with Crippen molar-refractivity contribution in [1.29, 1.82) is 0 Å². The first kappa shape index (κ1) is 23.9. The number of nitrogens with one attached hydrogen (secondary N) is 2. The fourth-order valence-corrected chi connectivity index (χ4v) is 4.88. The quantitative estimate of drug-likeness (QED) is 0.643. The molecule has 34 heavy (non-hydrogen) atoms. The minimum atomic E-state index is -0.326. The van der Waals surface area contributed by atoms with Gasteiger partial charge in [0.05, 0.1) is 39.2 Å². The number of aryl methyl sites for hydroxylation is 1. The third-order valence-electron chi connectivity index (χ3n) is 6.46.